The smallest absolute Gasteiger partial charge is 0.352 e. The van der Waals surface area contributed by atoms with Gasteiger partial charge in [0.05, 0.1) is 5.56 Å². The van der Waals surface area contributed by atoms with Crippen LogP contribution in [0.2, 0.25) is 0 Å². The first-order valence-corrected chi connectivity index (χ1v) is 6.21. The van der Waals surface area contributed by atoms with E-state index < -0.39 is 11.9 Å². The largest absolute Gasteiger partial charge is 0.433 e. The molecule has 7 heteroatoms. The number of nitrogens with zero attached hydrogens (tertiary/aromatic N) is 3. The monoisotopic (exact) mass is 284 g/mol. The molecule has 0 bridgehead atoms. The molecule has 1 aromatic rings. The summed E-state index contributed by atoms with van der Waals surface area (Å²) in [6.45, 7) is 5.57. The molecule has 1 saturated heterocycles. The summed E-state index contributed by atoms with van der Waals surface area (Å²) in [6.07, 6.45) is -4.51. The van der Waals surface area contributed by atoms with E-state index in [2.05, 4.69) is 10.3 Å². The Hall–Kier alpha value is -1.81. The first-order chi connectivity index (χ1) is 9.23. The second-order valence-electron chi connectivity index (χ2n) is 5.41. The molecule has 4 nitrogen and oxygen atoms in total. The predicted molar refractivity (Wildman–Crippen MR) is 68.2 cm³/mol. The van der Waals surface area contributed by atoms with Gasteiger partial charge >= 0.3 is 6.18 Å². The first kappa shape index (κ1) is 14.6. The Kier molecular flexibility index (Phi) is 3.61. The normalized spacial score (nSPS) is 18.7. The number of halogens is 3. The fraction of sp³-hybridized carbons (Fsp3) is 0.538. The van der Waals surface area contributed by atoms with Gasteiger partial charge in [-0.1, -0.05) is 0 Å². The van der Waals surface area contributed by atoms with Gasteiger partial charge in [0.1, 0.15) is 17.6 Å². The highest BCUT2D eigenvalue weighted by atomic mass is 19.4. The van der Waals surface area contributed by atoms with Crippen LogP contribution < -0.4 is 10.2 Å². The van der Waals surface area contributed by atoms with Gasteiger partial charge in [-0.3, -0.25) is 0 Å². The minimum Gasteiger partial charge on any atom is -0.352 e. The van der Waals surface area contributed by atoms with E-state index in [1.165, 1.54) is 6.07 Å². The number of alkyl halides is 3. The minimum atomic E-state index is -4.51. The quantitative estimate of drug-likeness (QED) is 0.858. The summed E-state index contributed by atoms with van der Waals surface area (Å²) in [7, 11) is 0. The highest BCUT2D eigenvalue weighted by Crippen LogP contribution is 2.31. The van der Waals surface area contributed by atoms with E-state index in [-0.39, 0.29) is 16.9 Å². The lowest BCUT2D eigenvalue weighted by atomic mass is 10.0. The third-order valence-corrected chi connectivity index (χ3v) is 3.16. The second kappa shape index (κ2) is 4.94. The minimum absolute atomic E-state index is 0.108. The van der Waals surface area contributed by atoms with Gasteiger partial charge in [-0.2, -0.15) is 18.4 Å². The summed E-state index contributed by atoms with van der Waals surface area (Å²) >= 11 is 0. The van der Waals surface area contributed by atoms with Crippen molar-refractivity contribution in [3.05, 3.63) is 23.4 Å². The van der Waals surface area contributed by atoms with Crippen LogP contribution in [0.3, 0.4) is 0 Å². The van der Waals surface area contributed by atoms with E-state index in [1.54, 1.807) is 4.90 Å². The van der Waals surface area contributed by atoms with Crippen molar-refractivity contribution >= 4 is 5.82 Å². The molecular weight excluding hydrogens is 269 g/mol. The first-order valence-electron chi connectivity index (χ1n) is 6.21. The average Bonchev–Trinajstić information content (AvgIpc) is 2.35. The molecule has 1 aliphatic rings. The second-order valence-corrected chi connectivity index (χ2v) is 5.41. The van der Waals surface area contributed by atoms with E-state index in [0.29, 0.717) is 19.6 Å². The molecule has 2 heterocycles. The Balaban J connectivity index is 2.41. The van der Waals surface area contributed by atoms with Crippen LogP contribution in [-0.4, -0.2) is 30.2 Å². The molecule has 0 spiro atoms. The third kappa shape index (κ3) is 3.02. The number of pyridine rings is 1. The number of nitrogens with one attached hydrogen (secondary N) is 1. The lowest BCUT2D eigenvalue weighted by molar-refractivity contribution is -0.141. The van der Waals surface area contributed by atoms with Crippen molar-refractivity contribution in [3.63, 3.8) is 0 Å². The lowest BCUT2D eigenvalue weighted by Crippen LogP contribution is -2.57. The Bertz CT molecular complexity index is 546. The van der Waals surface area contributed by atoms with E-state index in [4.69, 9.17) is 5.26 Å². The van der Waals surface area contributed by atoms with Crippen molar-refractivity contribution in [1.29, 1.82) is 5.26 Å². The van der Waals surface area contributed by atoms with Gasteiger partial charge in [0.25, 0.3) is 0 Å². The third-order valence-electron chi connectivity index (χ3n) is 3.16. The Labute approximate surface area is 115 Å². The van der Waals surface area contributed by atoms with Gasteiger partial charge in [-0.05, 0) is 26.0 Å². The highest BCUT2D eigenvalue weighted by molar-refractivity contribution is 5.55. The molecule has 108 valence electrons. The van der Waals surface area contributed by atoms with Gasteiger partial charge in [-0.15, -0.1) is 0 Å². The molecule has 2 rings (SSSR count). The Morgan fingerprint density at radius 3 is 2.65 bits per heavy atom. The van der Waals surface area contributed by atoms with Crippen LogP contribution in [0.15, 0.2) is 12.1 Å². The number of anilines is 1. The van der Waals surface area contributed by atoms with Crippen LogP contribution in [0, 0.1) is 11.3 Å². The SMILES string of the molecule is CC1(C)CN(c2nc(C(F)(F)F)ccc2C#N)CCN1. The van der Waals surface area contributed by atoms with Crippen LogP contribution in [0.25, 0.3) is 0 Å². The maximum atomic E-state index is 12.7. The van der Waals surface area contributed by atoms with Crippen molar-refractivity contribution in [3.8, 4) is 6.07 Å². The van der Waals surface area contributed by atoms with Crippen molar-refractivity contribution in [2.24, 2.45) is 0 Å². The molecule has 1 aliphatic heterocycles. The Morgan fingerprint density at radius 2 is 2.10 bits per heavy atom. The number of aromatic nitrogens is 1. The summed E-state index contributed by atoms with van der Waals surface area (Å²) in [5.74, 6) is 0.108. The summed E-state index contributed by atoms with van der Waals surface area (Å²) in [6, 6.07) is 3.93. The number of hydrogen-bond donors (Lipinski definition) is 1. The van der Waals surface area contributed by atoms with E-state index in [1.807, 2.05) is 19.9 Å². The molecule has 0 amide bonds. The summed E-state index contributed by atoms with van der Waals surface area (Å²) in [5, 5.41) is 12.3. The molecule has 1 N–H and O–H groups in total. The van der Waals surface area contributed by atoms with Crippen molar-refractivity contribution in [2.75, 3.05) is 24.5 Å². The summed E-state index contributed by atoms with van der Waals surface area (Å²) in [5.41, 5.74) is -1.04. The van der Waals surface area contributed by atoms with Gasteiger partial charge < -0.3 is 10.2 Å². The molecular formula is C13H15F3N4. The fourth-order valence-electron chi connectivity index (χ4n) is 2.26. The standard InChI is InChI=1S/C13H15F3N4/c1-12(2)8-20(6-5-18-12)11-9(7-17)3-4-10(19-11)13(14,15)16/h3-4,18H,5-6,8H2,1-2H3. The van der Waals surface area contributed by atoms with Gasteiger partial charge in [0.15, 0.2) is 0 Å². The molecule has 0 radical (unpaired) electrons. The molecule has 20 heavy (non-hydrogen) atoms. The predicted octanol–water partition coefficient (Wildman–Crippen LogP) is 2.16. The van der Waals surface area contributed by atoms with E-state index in [9.17, 15) is 13.2 Å². The molecule has 1 fully saturated rings. The highest BCUT2D eigenvalue weighted by Gasteiger charge is 2.35. The fourth-order valence-corrected chi connectivity index (χ4v) is 2.26. The summed E-state index contributed by atoms with van der Waals surface area (Å²) in [4.78, 5) is 5.38. The zero-order chi connectivity index (χ0) is 15.0. The van der Waals surface area contributed by atoms with E-state index >= 15 is 0 Å². The van der Waals surface area contributed by atoms with E-state index in [0.717, 1.165) is 6.07 Å². The topological polar surface area (TPSA) is 52.0 Å². The van der Waals surface area contributed by atoms with Gasteiger partial charge in [0.2, 0.25) is 0 Å². The molecule has 0 saturated carbocycles. The number of hydrogen-bond acceptors (Lipinski definition) is 4. The molecule has 0 atom stereocenters. The summed E-state index contributed by atoms with van der Waals surface area (Å²) < 4.78 is 38.2. The van der Waals surface area contributed by atoms with Crippen LogP contribution in [0.1, 0.15) is 25.1 Å². The number of nitriles is 1. The van der Waals surface area contributed by atoms with Gasteiger partial charge in [-0.25, -0.2) is 4.98 Å². The number of rotatable bonds is 1. The molecule has 0 unspecified atom stereocenters. The van der Waals surface area contributed by atoms with Crippen LogP contribution in [0.5, 0.6) is 0 Å². The number of piperazine rings is 1. The van der Waals surface area contributed by atoms with Crippen LogP contribution in [-0.2, 0) is 6.18 Å². The molecule has 1 aromatic heterocycles. The van der Waals surface area contributed by atoms with Crippen LogP contribution >= 0.6 is 0 Å². The molecule has 0 aromatic carbocycles. The van der Waals surface area contributed by atoms with Crippen molar-refractivity contribution in [1.82, 2.24) is 10.3 Å². The lowest BCUT2D eigenvalue weighted by Gasteiger charge is -2.40. The van der Waals surface area contributed by atoms with Crippen molar-refractivity contribution in [2.45, 2.75) is 25.6 Å². The maximum absolute atomic E-state index is 12.7. The average molecular weight is 284 g/mol. The molecule has 0 aliphatic carbocycles. The van der Waals surface area contributed by atoms with Gasteiger partial charge in [0, 0.05) is 25.2 Å². The zero-order valence-corrected chi connectivity index (χ0v) is 11.3. The Morgan fingerprint density at radius 1 is 1.40 bits per heavy atom. The van der Waals surface area contributed by atoms with Crippen molar-refractivity contribution < 1.29 is 13.2 Å². The van der Waals surface area contributed by atoms with Crippen LogP contribution in [0.4, 0.5) is 19.0 Å². The zero-order valence-electron chi connectivity index (χ0n) is 11.3. The maximum Gasteiger partial charge on any atom is 0.433 e.